The number of nitrogens with one attached hydrogen (secondary N) is 1. The van der Waals surface area contributed by atoms with E-state index < -0.39 is 0 Å². The number of hydrogen-bond acceptors (Lipinski definition) is 3. The minimum Gasteiger partial charge on any atom is -0.491 e. The molecular formula is C18H31NO2. The van der Waals surface area contributed by atoms with E-state index in [0.29, 0.717) is 13.2 Å². The molecule has 3 nitrogen and oxygen atoms in total. The summed E-state index contributed by atoms with van der Waals surface area (Å²) in [6.07, 6.45) is 6.16. The summed E-state index contributed by atoms with van der Waals surface area (Å²) >= 11 is 0. The molecule has 0 spiro atoms. The summed E-state index contributed by atoms with van der Waals surface area (Å²) in [5.74, 6) is 0.931. The molecule has 0 radical (unpaired) electrons. The van der Waals surface area contributed by atoms with E-state index in [0.717, 1.165) is 38.3 Å². The molecule has 120 valence electrons. The second kappa shape index (κ2) is 12.7. The van der Waals surface area contributed by atoms with Gasteiger partial charge in [0, 0.05) is 13.2 Å². The lowest BCUT2D eigenvalue weighted by atomic mass is 10.2. The number of benzene rings is 1. The molecule has 0 unspecified atom stereocenters. The second-order valence-corrected chi connectivity index (χ2v) is 5.35. The molecular weight excluding hydrogens is 262 g/mol. The van der Waals surface area contributed by atoms with Crippen LogP contribution in [0.5, 0.6) is 5.75 Å². The molecule has 0 aliphatic carbocycles. The Hall–Kier alpha value is -1.06. The van der Waals surface area contributed by atoms with Gasteiger partial charge in [-0.3, -0.25) is 0 Å². The van der Waals surface area contributed by atoms with Gasteiger partial charge in [-0.05, 0) is 37.1 Å². The zero-order valence-electron chi connectivity index (χ0n) is 13.7. The van der Waals surface area contributed by atoms with Crippen molar-refractivity contribution in [3.63, 3.8) is 0 Å². The van der Waals surface area contributed by atoms with Gasteiger partial charge < -0.3 is 14.8 Å². The summed E-state index contributed by atoms with van der Waals surface area (Å²) in [6, 6.07) is 8.28. The summed E-state index contributed by atoms with van der Waals surface area (Å²) in [6.45, 7) is 8.50. The van der Waals surface area contributed by atoms with Crippen LogP contribution in [-0.4, -0.2) is 26.4 Å². The zero-order valence-corrected chi connectivity index (χ0v) is 13.7. The number of rotatable bonds is 13. The smallest absolute Gasteiger partial charge is 0.119 e. The first kappa shape index (κ1) is 18.0. The van der Waals surface area contributed by atoms with E-state index in [1.807, 2.05) is 12.1 Å². The van der Waals surface area contributed by atoms with Gasteiger partial charge in [0.25, 0.3) is 0 Å². The van der Waals surface area contributed by atoms with Crippen molar-refractivity contribution < 1.29 is 9.47 Å². The van der Waals surface area contributed by atoms with Gasteiger partial charge in [-0.25, -0.2) is 0 Å². The van der Waals surface area contributed by atoms with Crippen LogP contribution in [0.25, 0.3) is 0 Å². The predicted molar refractivity (Wildman–Crippen MR) is 88.9 cm³/mol. The van der Waals surface area contributed by atoms with E-state index in [4.69, 9.17) is 9.47 Å². The highest BCUT2D eigenvalue weighted by Gasteiger charge is 1.97. The summed E-state index contributed by atoms with van der Waals surface area (Å²) in [5.41, 5.74) is 1.27. The normalized spacial score (nSPS) is 10.8. The molecule has 0 amide bonds. The average molecular weight is 293 g/mol. The van der Waals surface area contributed by atoms with Crippen LogP contribution < -0.4 is 10.1 Å². The van der Waals surface area contributed by atoms with E-state index in [9.17, 15) is 0 Å². The Balaban J connectivity index is 2.10. The first-order valence-corrected chi connectivity index (χ1v) is 8.37. The largest absolute Gasteiger partial charge is 0.491 e. The van der Waals surface area contributed by atoms with Gasteiger partial charge in [0.2, 0.25) is 0 Å². The van der Waals surface area contributed by atoms with Gasteiger partial charge in [-0.2, -0.15) is 0 Å². The second-order valence-electron chi connectivity index (χ2n) is 5.35. The molecule has 0 fully saturated rings. The van der Waals surface area contributed by atoms with Gasteiger partial charge in [0.1, 0.15) is 12.4 Å². The van der Waals surface area contributed by atoms with Gasteiger partial charge in [-0.15, -0.1) is 0 Å². The summed E-state index contributed by atoms with van der Waals surface area (Å²) in [4.78, 5) is 0. The van der Waals surface area contributed by atoms with Gasteiger partial charge in [0.15, 0.2) is 0 Å². The van der Waals surface area contributed by atoms with Gasteiger partial charge >= 0.3 is 0 Å². The van der Waals surface area contributed by atoms with Crippen LogP contribution in [0.3, 0.4) is 0 Å². The Morgan fingerprint density at radius 2 is 1.86 bits per heavy atom. The molecule has 0 saturated carbocycles. The van der Waals surface area contributed by atoms with Crippen molar-refractivity contribution in [2.75, 3.05) is 26.4 Å². The SMILES string of the molecule is CCCCCCOCCOc1cccc(CNCCC)c1. The molecule has 1 rings (SSSR count). The Morgan fingerprint density at radius 1 is 0.952 bits per heavy atom. The van der Waals surface area contributed by atoms with Gasteiger partial charge in [-0.1, -0.05) is 45.2 Å². The van der Waals surface area contributed by atoms with E-state index in [-0.39, 0.29) is 0 Å². The predicted octanol–water partition coefficient (Wildman–Crippen LogP) is 4.16. The highest BCUT2D eigenvalue weighted by atomic mass is 16.5. The van der Waals surface area contributed by atoms with Crippen LogP contribution in [-0.2, 0) is 11.3 Å². The van der Waals surface area contributed by atoms with Crippen molar-refractivity contribution in [3.05, 3.63) is 29.8 Å². The molecule has 0 aliphatic heterocycles. The van der Waals surface area contributed by atoms with E-state index in [2.05, 4.69) is 31.3 Å². The van der Waals surface area contributed by atoms with Crippen molar-refractivity contribution in [2.45, 2.75) is 52.5 Å². The molecule has 21 heavy (non-hydrogen) atoms. The van der Waals surface area contributed by atoms with Crippen molar-refractivity contribution in [1.29, 1.82) is 0 Å². The first-order chi connectivity index (χ1) is 10.4. The Morgan fingerprint density at radius 3 is 2.67 bits per heavy atom. The highest BCUT2D eigenvalue weighted by Crippen LogP contribution is 2.13. The number of unbranched alkanes of at least 4 members (excludes halogenated alkanes) is 3. The summed E-state index contributed by atoms with van der Waals surface area (Å²) in [5, 5.41) is 3.40. The Kier molecular flexibility index (Phi) is 10.8. The minimum absolute atomic E-state index is 0.625. The van der Waals surface area contributed by atoms with E-state index >= 15 is 0 Å². The van der Waals surface area contributed by atoms with Crippen molar-refractivity contribution in [3.8, 4) is 5.75 Å². The maximum Gasteiger partial charge on any atom is 0.119 e. The fourth-order valence-corrected chi connectivity index (χ4v) is 2.11. The topological polar surface area (TPSA) is 30.5 Å². The maximum absolute atomic E-state index is 5.73. The molecule has 3 heteroatoms. The fraction of sp³-hybridized carbons (Fsp3) is 0.667. The van der Waals surface area contributed by atoms with Crippen LogP contribution in [0.4, 0.5) is 0 Å². The lowest BCUT2D eigenvalue weighted by Gasteiger charge is -2.09. The summed E-state index contributed by atoms with van der Waals surface area (Å²) < 4.78 is 11.3. The molecule has 0 atom stereocenters. The van der Waals surface area contributed by atoms with Gasteiger partial charge in [0.05, 0.1) is 6.61 Å². The first-order valence-electron chi connectivity index (χ1n) is 8.37. The molecule has 0 saturated heterocycles. The maximum atomic E-state index is 5.73. The van der Waals surface area contributed by atoms with Crippen LogP contribution >= 0.6 is 0 Å². The molecule has 1 N–H and O–H groups in total. The average Bonchev–Trinajstić information content (AvgIpc) is 2.51. The minimum atomic E-state index is 0.625. The quantitative estimate of drug-likeness (QED) is 0.554. The van der Waals surface area contributed by atoms with Crippen LogP contribution in [0.1, 0.15) is 51.5 Å². The third kappa shape index (κ3) is 9.48. The third-order valence-corrected chi connectivity index (χ3v) is 3.29. The van der Waals surface area contributed by atoms with Crippen LogP contribution in [0, 0.1) is 0 Å². The Labute approximate surface area is 130 Å². The third-order valence-electron chi connectivity index (χ3n) is 3.29. The number of hydrogen-bond donors (Lipinski definition) is 1. The van der Waals surface area contributed by atoms with Crippen molar-refractivity contribution in [2.24, 2.45) is 0 Å². The van der Waals surface area contributed by atoms with Crippen molar-refractivity contribution in [1.82, 2.24) is 5.32 Å². The van der Waals surface area contributed by atoms with Crippen LogP contribution in [0.2, 0.25) is 0 Å². The number of ether oxygens (including phenoxy) is 2. The molecule has 0 aliphatic rings. The molecule has 0 bridgehead atoms. The summed E-state index contributed by atoms with van der Waals surface area (Å²) in [7, 11) is 0. The lowest BCUT2D eigenvalue weighted by molar-refractivity contribution is 0.0971. The van der Waals surface area contributed by atoms with E-state index in [1.54, 1.807) is 0 Å². The molecule has 1 aromatic carbocycles. The van der Waals surface area contributed by atoms with Crippen molar-refractivity contribution >= 4 is 0 Å². The molecule has 1 aromatic rings. The monoisotopic (exact) mass is 293 g/mol. The highest BCUT2D eigenvalue weighted by molar-refractivity contribution is 5.28. The fourth-order valence-electron chi connectivity index (χ4n) is 2.11. The molecule has 0 aromatic heterocycles. The lowest BCUT2D eigenvalue weighted by Crippen LogP contribution is -2.14. The standard InChI is InChI=1S/C18H31NO2/c1-3-5-6-7-12-20-13-14-21-18-10-8-9-17(15-18)16-19-11-4-2/h8-10,15,19H,3-7,11-14,16H2,1-2H3. The molecule has 0 heterocycles. The Bertz CT molecular complexity index is 355. The zero-order chi connectivity index (χ0) is 15.2. The van der Waals surface area contributed by atoms with E-state index in [1.165, 1.54) is 24.8 Å². The van der Waals surface area contributed by atoms with Crippen LogP contribution in [0.15, 0.2) is 24.3 Å².